The highest BCUT2D eigenvalue weighted by Gasteiger charge is 2.41. The van der Waals surface area contributed by atoms with Gasteiger partial charge < -0.3 is 16.0 Å². The van der Waals surface area contributed by atoms with E-state index in [-0.39, 0.29) is 50.2 Å². The van der Waals surface area contributed by atoms with Gasteiger partial charge in [-0.2, -0.15) is 0 Å². The van der Waals surface area contributed by atoms with Crippen molar-refractivity contribution in [1.29, 1.82) is 0 Å². The van der Waals surface area contributed by atoms with Crippen LogP contribution >= 0.6 is 10.0 Å². The van der Waals surface area contributed by atoms with Crippen LogP contribution < -0.4 is 16.0 Å². The van der Waals surface area contributed by atoms with Gasteiger partial charge in [0.05, 0.1) is 5.92 Å². The fourth-order valence-corrected chi connectivity index (χ4v) is 5.27. The van der Waals surface area contributed by atoms with Crippen LogP contribution in [0.3, 0.4) is 0 Å². The van der Waals surface area contributed by atoms with Gasteiger partial charge in [0.25, 0.3) is 0 Å². The van der Waals surface area contributed by atoms with Gasteiger partial charge in [0.2, 0.25) is 23.6 Å². The molecule has 1 saturated heterocycles. The van der Waals surface area contributed by atoms with Crippen molar-refractivity contribution in [2.75, 3.05) is 30.6 Å². The van der Waals surface area contributed by atoms with Crippen molar-refractivity contribution >= 4 is 33.4 Å². The van der Waals surface area contributed by atoms with Crippen LogP contribution in [-0.2, 0) is 14.4 Å². The molecule has 1 aliphatic heterocycles. The molecule has 1 aromatic rings. The molecule has 0 radical (unpaired) electrons. The van der Waals surface area contributed by atoms with Crippen molar-refractivity contribution in [1.82, 2.24) is 10.6 Å². The predicted molar refractivity (Wildman–Crippen MR) is 119 cm³/mol. The Morgan fingerprint density at radius 1 is 1.19 bits per heavy atom. The molecule has 1 saturated carbocycles. The molecule has 1 aromatic carbocycles. The summed E-state index contributed by atoms with van der Waals surface area (Å²) in [5, 5.41) is 7.87. The van der Waals surface area contributed by atoms with Gasteiger partial charge in [0.15, 0.2) is 0 Å². The number of carbonyl (C=O) groups excluding carboxylic acids is 3. The van der Waals surface area contributed by atoms with Gasteiger partial charge in [0, 0.05) is 36.4 Å². The lowest BCUT2D eigenvalue weighted by atomic mass is 9.81. The smallest absolute Gasteiger partial charge is 0.248 e. The molecule has 3 rings (SSSR count). The predicted octanol–water partition coefficient (Wildman–Crippen LogP) is 3.26. The fourth-order valence-electron chi connectivity index (χ4n) is 4.15. The number of rotatable bonds is 6. The normalized spacial score (nSPS) is 22.7. The molecule has 3 amide bonds. The Labute approximate surface area is 187 Å². The Morgan fingerprint density at radius 2 is 1.84 bits per heavy atom. The maximum absolute atomic E-state index is 14.6. The number of benzene rings is 1. The lowest BCUT2D eigenvalue weighted by molar-refractivity contribution is -0.131. The monoisotopic (exact) mass is 473 g/mol. The molecule has 0 aromatic heterocycles. The summed E-state index contributed by atoms with van der Waals surface area (Å²) in [5.74, 6) is -5.61. The van der Waals surface area contributed by atoms with Gasteiger partial charge in [-0.1, -0.05) is 0 Å². The first-order valence-electron chi connectivity index (χ1n) is 10.6. The van der Waals surface area contributed by atoms with Crippen molar-refractivity contribution < 1.29 is 27.6 Å². The standard InChI is InChI=1S/C22H30F3N3O3S/c1-32(2,3)17-5-4-15(11-16(17)23)27-21(31)19(13-6-8-22(24,25)9-7-13)28-20(30)14-10-18(29)26-12-14/h4-5,11,13-14,19H,6-10,12H2,1-3H3,(H,26,29)(H,27,31)(H,28,30)/t14-,19?/m0/s1. The zero-order chi connectivity index (χ0) is 23.7. The van der Waals surface area contributed by atoms with E-state index in [0.29, 0.717) is 4.90 Å². The molecule has 32 heavy (non-hydrogen) atoms. The second kappa shape index (κ2) is 9.33. The number of hydrogen-bond donors (Lipinski definition) is 3. The molecule has 3 N–H and O–H groups in total. The number of hydrogen-bond acceptors (Lipinski definition) is 3. The zero-order valence-corrected chi connectivity index (χ0v) is 19.3. The molecule has 1 unspecified atom stereocenters. The largest absolute Gasteiger partial charge is 0.355 e. The van der Waals surface area contributed by atoms with Crippen LogP contribution in [0.2, 0.25) is 0 Å². The molecule has 0 bridgehead atoms. The highest BCUT2D eigenvalue weighted by Crippen LogP contribution is 2.47. The first-order chi connectivity index (χ1) is 14.9. The molecule has 178 valence electrons. The Hall–Kier alpha value is -2.23. The zero-order valence-electron chi connectivity index (χ0n) is 18.5. The van der Waals surface area contributed by atoms with Crippen molar-refractivity contribution in [2.24, 2.45) is 11.8 Å². The van der Waals surface area contributed by atoms with Gasteiger partial charge in [-0.3, -0.25) is 14.4 Å². The van der Waals surface area contributed by atoms with E-state index < -0.39 is 51.5 Å². The topological polar surface area (TPSA) is 87.3 Å². The summed E-state index contributed by atoms with van der Waals surface area (Å²) >= 11 is 0. The average Bonchev–Trinajstić information content (AvgIpc) is 3.12. The first kappa shape index (κ1) is 24.4. The number of carbonyl (C=O) groups is 3. The van der Waals surface area contributed by atoms with Crippen molar-refractivity contribution in [3.63, 3.8) is 0 Å². The second-order valence-electron chi connectivity index (χ2n) is 9.36. The maximum Gasteiger partial charge on any atom is 0.248 e. The second-order valence-corrected chi connectivity index (χ2v) is 13.5. The minimum Gasteiger partial charge on any atom is -0.355 e. The van der Waals surface area contributed by atoms with Crippen LogP contribution in [0.5, 0.6) is 0 Å². The van der Waals surface area contributed by atoms with E-state index in [1.807, 2.05) is 18.8 Å². The third kappa shape index (κ3) is 5.96. The third-order valence-electron chi connectivity index (χ3n) is 6.02. The molecule has 10 heteroatoms. The SMILES string of the molecule is CS(C)(C)c1ccc(NC(=O)C(NC(=O)[C@@H]2CNC(=O)C2)C2CCC(F)(F)CC2)cc1F. The first-order valence-corrected chi connectivity index (χ1v) is 13.5. The fraction of sp³-hybridized carbons (Fsp3) is 0.591. The summed E-state index contributed by atoms with van der Waals surface area (Å²) in [5.41, 5.74) is 0.234. The van der Waals surface area contributed by atoms with Crippen LogP contribution in [-0.4, -0.2) is 55.0 Å². The molecule has 0 spiro atoms. The van der Waals surface area contributed by atoms with Gasteiger partial charge in [0.1, 0.15) is 11.9 Å². The Kier molecular flexibility index (Phi) is 7.12. The number of halogens is 3. The van der Waals surface area contributed by atoms with Crippen LogP contribution in [0.25, 0.3) is 0 Å². The van der Waals surface area contributed by atoms with E-state index in [1.54, 1.807) is 12.1 Å². The quantitative estimate of drug-likeness (QED) is 0.593. The van der Waals surface area contributed by atoms with E-state index in [1.165, 1.54) is 6.07 Å². The van der Waals surface area contributed by atoms with Crippen LogP contribution in [0.4, 0.5) is 18.9 Å². The molecule has 2 atom stereocenters. The summed E-state index contributed by atoms with van der Waals surface area (Å²) in [6.45, 7) is 0.170. The average molecular weight is 474 g/mol. The van der Waals surface area contributed by atoms with E-state index in [9.17, 15) is 27.6 Å². The molecule has 1 aliphatic carbocycles. The lowest BCUT2D eigenvalue weighted by Crippen LogP contribution is -2.51. The maximum atomic E-state index is 14.6. The van der Waals surface area contributed by atoms with Crippen molar-refractivity contribution in [3.8, 4) is 0 Å². The lowest BCUT2D eigenvalue weighted by Gasteiger charge is -2.34. The summed E-state index contributed by atoms with van der Waals surface area (Å²) in [6, 6.07) is 3.41. The molecule has 2 fully saturated rings. The summed E-state index contributed by atoms with van der Waals surface area (Å²) in [4.78, 5) is 37.7. The van der Waals surface area contributed by atoms with Crippen LogP contribution in [0, 0.1) is 17.7 Å². The number of nitrogens with one attached hydrogen (secondary N) is 3. The molecular weight excluding hydrogens is 443 g/mol. The molecular formula is C22H30F3N3O3S. The van der Waals surface area contributed by atoms with Gasteiger partial charge in [-0.25, -0.2) is 23.2 Å². The molecule has 2 aliphatic rings. The molecule has 1 heterocycles. The number of anilines is 1. The van der Waals surface area contributed by atoms with E-state index in [2.05, 4.69) is 16.0 Å². The van der Waals surface area contributed by atoms with Gasteiger partial charge in [-0.05, 0) is 55.7 Å². The summed E-state index contributed by atoms with van der Waals surface area (Å²) < 4.78 is 41.9. The van der Waals surface area contributed by atoms with E-state index >= 15 is 0 Å². The van der Waals surface area contributed by atoms with Gasteiger partial charge >= 0.3 is 0 Å². The third-order valence-corrected chi connectivity index (χ3v) is 7.67. The highest BCUT2D eigenvalue weighted by molar-refractivity contribution is 8.32. The molecule has 6 nitrogen and oxygen atoms in total. The van der Waals surface area contributed by atoms with E-state index in [4.69, 9.17) is 0 Å². The summed E-state index contributed by atoms with van der Waals surface area (Å²) in [7, 11) is -1.30. The minimum absolute atomic E-state index is 0.0186. The Morgan fingerprint density at radius 3 is 2.38 bits per heavy atom. The Balaban J connectivity index is 1.76. The van der Waals surface area contributed by atoms with Crippen molar-refractivity contribution in [2.45, 2.75) is 49.0 Å². The van der Waals surface area contributed by atoms with E-state index in [0.717, 1.165) is 0 Å². The minimum atomic E-state index is -2.78. The van der Waals surface area contributed by atoms with Crippen LogP contribution in [0.1, 0.15) is 32.1 Å². The number of amides is 3. The van der Waals surface area contributed by atoms with Gasteiger partial charge in [-0.15, -0.1) is 0 Å². The van der Waals surface area contributed by atoms with Crippen LogP contribution in [0.15, 0.2) is 23.1 Å². The summed E-state index contributed by atoms with van der Waals surface area (Å²) in [6.07, 6.45) is 5.31. The van der Waals surface area contributed by atoms with Crippen molar-refractivity contribution in [3.05, 3.63) is 24.0 Å². The highest BCUT2D eigenvalue weighted by atomic mass is 32.3. The number of alkyl halides is 2. The Bertz CT molecular complexity index is 894.